The largest absolute Gasteiger partial charge is 0.513 e. The van der Waals surface area contributed by atoms with Crippen molar-refractivity contribution in [1.82, 2.24) is 0 Å². The van der Waals surface area contributed by atoms with Crippen LogP contribution in [0.5, 0.6) is 11.5 Å². The lowest BCUT2D eigenvalue weighted by atomic mass is 10.1. The maximum absolute atomic E-state index is 12.4. The third kappa shape index (κ3) is 13.7. The van der Waals surface area contributed by atoms with E-state index in [1.54, 1.807) is 13.0 Å². The molecule has 0 bridgehead atoms. The van der Waals surface area contributed by atoms with Gasteiger partial charge in [0.15, 0.2) is 11.5 Å². The molecule has 0 aliphatic heterocycles. The van der Waals surface area contributed by atoms with Gasteiger partial charge in [-0.3, -0.25) is 4.79 Å². The molecule has 38 heavy (non-hydrogen) atoms. The molecule has 0 amide bonds. The minimum atomic E-state index is -1.09. The van der Waals surface area contributed by atoms with Gasteiger partial charge >= 0.3 is 24.4 Å². The predicted octanol–water partition coefficient (Wildman–Crippen LogP) is 4.54. The maximum atomic E-state index is 12.4. The summed E-state index contributed by atoms with van der Waals surface area (Å²) in [5.41, 5.74) is 6.48. The first-order valence-corrected chi connectivity index (χ1v) is 12.6. The summed E-state index contributed by atoms with van der Waals surface area (Å²) in [6.45, 7) is 9.53. The summed E-state index contributed by atoms with van der Waals surface area (Å²) >= 11 is 0. The number of hydrogen-bond acceptors (Lipinski definition) is 12. The zero-order valence-electron chi connectivity index (χ0n) is 22.7. The lowest BCUT2D eigenvalue weighted by Crippen LogP contribution is -2.37. The van der Waals surface area contributed by atoms with Crippen molar-refractivity contribution in [2.24, 2.45) is 11.7 Å². The van der Waals surface area contributed by atoms with Gasteiger partial charge in [0.25, 0.3) is 0 Å². The first-order valence-electron chi connectivity index (χ1n) is 12.6. The summed E-state index contributed by atoms with van der Waals surface area (Å²) in [4.78, 5) is 47.9. The molecule has 2 N–H and O–H groups in total. The van der Waals surface area contributed by atoms with Crippen LogP contribution in [0.4, 0.5) is 14.4 Å². The maximum Gasteiger partial charge on any atom is 0.513 e. The molecule has 0 aliphatic rings. The van der Waals surface area contributed by atoms with Crippen molar-refractivity contribution in [1.29, 1.82) is 0 Å². The second kappa shape index (κ2) is 17.8. The molecule has 0 aliphatic carbocycles. The lowest BCUT2D eigenvalue weighted by molar-refractivity contribution is -0.152. The van der Waals surface area contributed by atoms with E-state index in [-0.39, 0.29) is 44.3 Å². The number of benzene rings is 1. The molecule has 1 aromatic rings. The van der Waals surface area contributed by atoms with Crippen LogP contribution in [-0.2, 0) is 34.9 Å². The third-order valence-corrected chi connectivity index (χ3v) is 4.67. The predicted molar refractivity (Wildman–Crippen MR) is 135 cm³/mol. The number of carbonyl (C=O) groups excluding carboxylic acids is 4. The quantitative estimate of drug-likeness (QED) is 0.188. The van der Waals surface area contributed by atoms with Crippen molar-refractivity contribution in [3.63, 3.8) is 0 Å². The molecule has 0 aromatic heterocycles. The zero-order valence-corrected chi connectivity index (χ0v) is 22.7. The molecule has 12 heteroatoms. The van der Waals surface area contributed by atoms with E-state index in [4.69, 9.17) is 38.9 Å². The van der Waals surface area contributed by atoms with Crippen LogP contribution in [0.2, 0.25) is 0 Å². The standard InChI is InChI=1S/C26H39NO11/c1-6-11-32-25(30)37-21-9-8-19(15-22(21)38-26(31)33-12-7-2)14-20(27)23(28)36-18(5)16-35-24(29)34-13-10-17(3)4/h8-9,15,17-18,20H,6-7,10-14,16,27H2,1-5H3/t18-,20-/m0/s1. The van der Waals surface area contributed by atoms with Crippen LogP contribution >= 0.6 is 0 Å². The van der Waals surface area contributed by atoms with Crippen molar-refractivity contribution < 1.29 is 52.3 Å². The van der Waals surface area contributed by atoms with Crippen molar-refractivity contribution in [2.45, 2.75) is 72.4 Å². The van der Waals surface area contributed by atoms with E-state index in [1.165, 1.54) is 12.1 Å². The number of ether oxygens (including phenoxy) is 7. The van der Waals surface area contributed by atoms with Crippen molar-refractivity contribution in [3.05, 3.63) is 23.8 Å². The van der Waals surface area contributed by atoms with Crippen LogP contribution in [0.15, 0.2) is 18.2 Å². The second-order valence-corrected chi connectivity index (χ2v) is 8.83. The number of carbonyl (C=O) groups is 4. The van der Waals surface area contributed by atoms with E-state index in [1.807, 2.05) is 27.7 Å². The van der Waals surface area contributed by atoms with Crippen molar-refractivity contribution in [2.75, 3.05) is 26.4 Å². The van der Waals surface area contributed by atoms with E-state index >= 15 is 0 Å². The Kier molecular flexibility index (Phi) is 15.2. The van der Waals surface area contributed by atoms with Gasteiger partial charge < -0.3 is 38.9 Å². The zero-order chi connectivity index (χ0) is 28.5. The lowest BCUT2D eigenvalue weighted by Gasteiger charge is -2.17. The van der Waals surface area contributed by atoms with E-state index in [2.05, 4.69) is 0 Å². The van der Waals surface area contributed by atoms with Crippen molar-refractivity contribution in [3.8, 4) is 11.5 Å². The molecular weight excluding hydrogens is 502 g/mol. The first-order chi connectivity index (χ1) is 18.0. The Morgan fingerprint density at radius 3 is 1.95 bits per heavy atom. The molecule has 0 radical (unpaired) electrons. The smallest absolute Gasteiger partial charge is 0.458 e. The van der Waals surface area contributed by atoms with Gasteiger partial charge in [-0.2, -0.15) is 0 Å². The molecule has 1 aromatic carbocycles. The van der Waals surface area contributed by atoms with Crippen LogP contribution in [0.1, 0.15) is 59.4 Å². The van der Waals surface area contributed by atoms with Gasteiger partial charge in [-0.15, -0.1) is 0 Å². The highest BCUT2D eigenvalue weighted by Gasteiger charge is 2.22. The minimum absolute atomic E-state index is 0.00455. The highest BCUT2D eigenvalue weighted by molar-refractivity contribution is 5.76. The Bertz CT molecular complexity index is 903. The number of hydrogen-bond donors (Lipinski definition) is 1. The van der Waals surface area contributed by atoms with Crippen molar-refractivity contribution >= 4 is 24.4 Å². The Hall–Kier alpha value is -3.54. The van der Waals surface area contributed by atoms with Gasteiger partial charge in [0.05, 0.1) is 19.8 Å². The average molecular weight is 542 g/mol. The highest BCUT2D eigenvalue weighted by atomic mass is 16.7. The summed E-state index contributed by atoms with van der Waals surface area (Å²) in [5, 5.41) is 0. The first kappa shape index (κ1) is 32.5. The van der Waals surface area contributed by atoms with Crippen LogP contribution < -0.4 is 15.2 Å². The third-order valence-electron chi connectivity index (χ3n) is 4.67. The van der Waals surface area contributed by atoms with E-state index < -0.39 is 36.6 Å². The topological polar surface area (TPSA) is 159 Å². The Labute approximate surface area is 223 Å². The van der Waals surface area contributed by atoms with E-state index in [0.717, 1.165) is 0 Å². The molecule has 214 valence electrons. The molecule has 2 atom stereocenters. The van der Waals surface area contributed by atoms with Gasteiger partial charge in [-0.05, 0) is 56.2 Å². The molecule has 0 saturated heterocycles. The molecule has 0 fully saturated rings. The Balaban J connectivity index is 2.74. The molecule has 0 saturated carbocycles. The molecule has 0 heterocycles. The molecule has 12 nitrogen and oxygen atoms in total. The van der Waals surface area contributed by atoms with Gasteiger partial charge in [0, 0.05) is 0 Å². The van der Waals surface area contributed by atoms with Crippen LogP contribution in [-0.4, -0.2) is 63.0 Å². The second-order valence-electron chi connectivity index (χ2n) is 8.83. The van der Waals surface area contributed by atoms with Gasteiger partial charge in [-0.25, -0.2) is 14.4 Å². The van der Waals surface area contributed by atoms with Gasteiger partial charge in [0.1, 0.15) is 18.8 Å². The fourth-order valence-corrected chi connectivity index (χ4v) is 2.71. The highest BCUT2D eigenvalue weighted by Crippen LogP contribution is 2.30. The van der Waals surface area contributed by atoms with Gasteiger partial charge in [0.2, 0.25) is 0 Å². The fraction of sp³-hybridized carbons (Fsp3) is 0.615. The molecular formula is C26H39NO11. The molecule has 0 spiro atoms. The molecule has 1 rings (SSSR count). The van der Waals surface area contributed by atoms with E-state index in [9.17, 15) is 19.2 Å². The summed E-state index contributed by atoms with van der Waals surface area (Å²) in [7, 11) is 0. The molecule has 0 unspecified atom stereocenters. The summed E-state index contributed by atoms with van der Waals surface area (Å²) in [6, 6.07) is 3.23. The van der Waals surface area contributed by atoms with Gasteiger partial charge in [-0.1, -0.05) is 33.8 Å². The monoisotopic (exact) mass is 541 g/mol. The number of esters is 1. The van der Waals surface area contributed by atoms with Crippen LogP contribution in [0, 0.1) is 5.92 Å². The summed E-state index contributed by atoms with van der Waals surface area (Å²) < 4.78 is 35.2. The van der Waals surface area contributed by atoms with E-state index in [0.29, 0.717) is 30.7 Å². The summed E-state index contributed by atoms with van der Waals surface area (Å²) in [6.07, 6.45) is -1.67. The summed E-state index contributed by atoms with van der Waals surface area (Å²) in [5.74, 6) is -0.545. The van der Waals surface area contributed by atoms with Crippen LogP contribution in [0.3, 0.4) is 0 Å². The Morgan fingerprint density at radius 1 is 0.789 bits per heavy atom. The number of nitrogens with two attached hydrogens (primary N) is 1. The van der Waals surface area contributed by atoms with Crippen LogP contribution in [0.25, 0.3) is 0 Å². The Morgan fingerprint density at radius 2 is 1.37 bits per heavy atom. The SMILES string of the molecule is CCCOC(=O)Oc1ccc(C[C@H](N)C(=O)O[C@@H](C)COC(=O)OCCC(C)C)cc1OC(=O)OCCC. The number of rotatable bonds is 15. The minimum Gasteiger partial charge on any atom is -0.458 e. The fourth-order valence-electron chi connectivity index (χ4n) is 2.71. The normalized spacial score (nSPS) is 12.2. The average Bonchev–Trinajstić information content (AvgIpc) is 2.86.